The maximum Gasteiger partial charge on any atom is 4.00 e. The summed E-state index contributed by atoms with van der Waals surface area (Å²) in [4.78, 5) is 0. The largest absolute Gasteiger partial charge is 4.00 e. The van der Waals surface area contributed by atoms with Crippen LogP contribution in [0, 0.1) is 0 Å². The van der Waals surface area contributed by atoms with Gasteiger partial charge in [0.1, 0.15) is 0 Å². The van der Waals surface area contributed by atoms with E-state index in [2.05, 4.69) is 0 Å². The molecule has 0 radical (unpaired) electrons. The van der Waals surface area contributed by atoms with E-state index < -0.39 is 24.4 Å². The van der Waals surface area contributed by atoms with Gasteiger partial charge in [-0.25, -0.2) is 0 Å². The Morgan fingerprint density at radius 3 is 0.714 bits per heavy atom. The third-order valence-electron chi connectivity index (χ3n) is 0.129. The minimum atomic E-state index is -0.417. The summed E-state index contributed by atoms with van der Waals surface area (Å²) >= 11 is 0. The molecule has 0 aliphatic carbocycles. The second-order valence-electron chi connectivity index (χ2n) is 4.71. The molecule has 0 aromatic heterocycles. The van der Waals surface area contributed by atoms with E-state index in [0.29, 0.717) is 6.54 Å². The molecule has 6 nitrogen and oxygen atoms in total. The van der Waals surface area contributed by atoms with Gasteiger partial charge in [-0.15, -0.1) is 24.4 Å². The van der Waals surface area contributed by atoms with Crippen molar-refractivity contribution in [3.05, 3.63) is 0 Å². The van der Waals surface area contributed by atoms with E-state index in [0.717, 1.165) is 0 Å². The van der Waals surface area contributed by atoms with Gasteiger partial charge in [-0.2, -0.15) is 0 Å². The number of hydrogen-bond donors (Lipinski definition) is 2. The molecule has 21 heavy (non-hydrogen) atoms. The van der Waals surface area contributed by atoms with E-state index in [1.165, 1.54) is 0 Å². The fourth-order valence-corrected chi connectivity index (χ4v) is 0. The van der Waals surface area contributed by atoms with Gasteiger partial charge in [-0.3, -0.25) is 0 Å². The Bertz CT molecular complexity index is 88.9. The average Bonchev–Trinajstić information content (AvgIpc) is 2.13. The van der Waals surface area contributed by atoms with Gasteiger partial charge in [0.05, 0.1) is 6.61 Å². The first-order chi connectivity index (χ1) is 8.84. The summed E-state index contributed by atoms with van der Waals surface area (Å²) in [6.07, 6.45) is -1.67. The minimum Gasteiger partial charge on any atom is -0.852 e. The van der Waals surface area contributed by atoms with Crippen molar-refractivity contribution in [1.29, 1.82) is 0 Å². The molecule has 7 heteroatoms. The quantitative estimate of drug-likeness (QED) is 0.525. The molecular formula is C14H35NO5Ti. The van der Waals surface area contributed by atoms with Gasteiger partial charge >= 0.3 is 21.7 Å². The second-order valence-corrected chi connectivity index (χ2v) is 4.71. The Hall–Kier alpha value is 0.474. The Labute approximate surface area is 146 Å². The fourth-order valence-electron chi connectivity index (χ4n) is 0. The van der Waals surface area contributed by atoms with E-state index >= 15 is 0 Å². The van der Waals surface area contributed by atoms with Crippen LogP contribution in [0.2, 0.25) is 0 Å². The van der Waals surface area contributed by atoms with Gasteiger partial charge in [-0.05, 0) is 0 Å². The summed E-state index contributed by atoms with van der Waals surface area (Å²) in [7, 11) is 0. The zero-order chi connectivity index (χ0) is 17.7. The molecule has 130 valence electrons. The predicted octanol–water partition coefficient (Wildman–Crippen LogP) is -2.04. The molecule has 0 spiro atoms. The molecule has 0 aromatic rings. The Morgan fingerprint density at radius 1 is 0.667 bits per heavy atom. The van der Waals surface area contributed by atoms with Gasteiger partial charge in [0, 0.05) is 6.54 Å². The molecule has 0 aliphatic rings. The summed E-state index contributed by atoms with van der Waals surface area (Å²) in [6.45, 7) is 13.4. The zero-order valence-corrected chi connectivity index (χ0v) is 16.4. The van der Waals surface area contributed by atoms with Crippen LogP contribution < -0.4 is 26.2 Å². The molecule has 3 N–H and O–H groups in total. The minimum absolute atomic E-state index is 0. The van der Waals surface area contributed by atoms with Crippen molar-refractivity contribution in [3.8, 4) is 0 Å². The van der Waals surface area contributed by atoms with Crippen molar-refractivity contribution >= 4 is 0 Å². The van der Waals surface area contributed by atoms with E-state index in [4.69, 9.17) is 10.8 Å². The molecule has 0 unspecified atom stereocenters. The molecule has 0 saturated heterocycles. The molecule has 0 rings (SSSR count). The molecule has 0 saturated carbocycles. The zero-order valence-electron chi connectivity index (χ0n) is 14.9. The first kappa shape index (κ1) is 37.6. The first-order valence-corrected chi connectivity index (χ1v) is 6.79. The third kappa shape index (κ3) is 3210. The Kier molecular flexibility index (Phi) is 66.3. The Balaban J connectivity index is -0.0000000331. The van der Waals surface area contributed by atoms with Gasteiger partial charge in [0.25, 0.3) is 0 Å². The number of aliphatic hydroxyl groups is 1. The van der Waals surface area contributed by atoms with Crippen molar-refractivity contribution < 1.29 is 47.3 Å². The van der Waals surface area contributed by atoms with Crippen molar-refractivity contribution in [3.63, 3.8) is 0 Å². The molecular weight excluding hydrogens is 310 g/mol. The number of nitrogens with two attached hydrogens (primary N) is 1. The average molecular weight is 345 g/mol. The molecule has 0 heterocycles. The SMILES string of the molecule is CC(C)[O-].CC(C)[O-].CC(C)[O-].CC(C)[O-].NCCO.[Ti+4]. The number of aliphatic hydroxyl groups excluding tert-OH is 1. The van der Waals surface area contributed by atoms with Crippen LogP contribution in [0.3, 0.4) is 0 Å². The van der Waals surface area contributed by atoms with Crippen molar-refractivity contribution in [2.45, 2.75) is 79.8 Å². The topological polar surface area (TPSA) is 138 Å². The number of hydrogen-bond acceptors (Lipinski definition) is 6. The van der Waals surface area contributed by atoms with E-state index in [-0.39, 0.29) is 28.3 Å². The van der Waals surface area contributed by atoms with Crippen molar-refractivity contribution in [2.24, 2.45) is 5.73 Å². The summed E-state index contributed by atoms with van der Waals surface area (Å²) in [5.41, 5.74) is 4.78. The predicted molar refractivity (Wildman–Crippen MR) is 76.7 cm³/mol. The summed E-state index contributed by atoms with van der Waals surface area (Å²) < 4.78 is 0. The normalized spacial score (nSPS) is 8.29. The van der Waals surface area contributed by atoms with Crippen LogP contribution in [0.1, 0.15) is 55.4 Å². The van der Waals surface area contributed by atoms with Crippen LogP contribution in [0.5, 0.6) is 0 Å². The van der Waals surface area contributed by atoms with Crippen LogP contribution in [-0.2, 0) is 21.7 Å². The van der Waals surface area contributed by atoms with Gasteiger partial charge in [0.2, 0.25) is 0 Å². The van der Waals surface area contributed by atoms with E-state index in [1.54, 1.807) is 55.4 Å². The van der Waals surface area contributed by atoms with Crippen molar-refractivity contribution in [2.75, 3.05) is 13.2 Å². The molecule has 0 aliphatic heterocycles. The molecule has 0 fully saturated rings. The monoisotopic (exact) mass is 345 g/mol. The van der Waals surface area contributed by atoms with Crippen LogP contribution in [0.25, 0.3) is 0 Å². The second kappa shape index (κ2) is 37.1. The smallest absolute Gasteiger partial charge is 0.852 e. The maximum absolute atomic E-state index is 9.53. The van der Waals surface area contributed by atoms with Crippen molar-refractivity contribution in [1.82, 2.24) is 0 Å². The van der Waals surface area contributed by atoms with E-state index in [9.17, 15) is 20.4 Å². The Morgan fingerprint density at radius 2 is 0.714 bits per heavy atom. The van der Waals surface area contributed by atoms with Gasteiger partial charge in [-0.1, -0.05) is 55.4 Å². The standard InChI is InChI=1S/4C3H7O.C2H7NO.Ti/c4*1-3(2)4;3-1-2-4;/h4*3H,1-2H3;4H,1-3H2;/q4*-1;;+4. The van der Waals surface area contributed by atoms with Gasteiger partial charge in [0.15, 0.2) is 0 Å². The van der Waals surface area contributed by atoms with Crippen LogP contribution in [-0.4, -0.2) is 42.7 Å². The molecule has 0 amide bonds. The first-order valence-electron chi connectivity index (χ1n) is 6.79. The third-order valence-corrected chi connectivity index (χ3v) is 0.129. The summed E-state index contributed by atoms with van der Waals surface area (Å²) in [5.74, 6) is 0. The molecule has 0 atom stereocenters. The number of rotatable bonds is 1. The summed E-state index contributed by atoms with van der Waals surface area (Å²) in [5, 5.41) is 45.9. The van der Waals surface area contributed by atoms with Crippen LogP contribution >= 0.6 is 0 Å². The molecule has 0 bridgehead atoms. The summed E-state index contributed by atoms with van der Waals surface area (Å²) in [6, 6.07) is 0. The van der Waals surface area contributed by atoms with Crippen LogP contribution in [0.15, 0.2) is 0 Å². The fraction of sp³-hybridized carbons (Fsp3) is 1.00. The molecule has 0 aromatic carbocycles. The van der Waals surface area contributed by atoms with Gasteiger partial charge < -0.3 is 31.3 Å². The maximum atomic E-state index is 9.53. The van der Waals surface area contributed by atoms with Crippen LogP contribution in [0.4, 0.5) is 0 Å². The van der Waals surface area contributed by atoms with E-state index in [1.807, 2.05) is 0 Å².